The number of benzene rings is 2. The largest absolute Gasteiger partial charge is 0.506 e. The van der Waals surface area contributed by atoms with Gasteiger partial charge in [0.05, 0.1) is 16.3 Å². The molecule has 0 aliphatic rings. The maximum Gasteiger partial charge on any atom is 0.227 e. The molecule has 1 N–H and O–H groups in total. The summed E-state index contributed by atoms with van der Waals surface area (Å²) >= 11 is 0. The molecular formula is C19H12N2O2. The molecule has 4 heteroatoms. The van der Waals surface area contributed by atoms with Gasteiger partial charge in [-0.25, -0.2) is 4.98 Å². The number of fused-ring (bicyclic) bond motifs is 3. The first-order valence-electron chi connectivity index (χ1n) is 7.20. The Hall–Kier alpha value is -3.32. The maximum atomic E-state index is 10.9. The lowest BCUT2D eigenvalue weighted by Crippen LogP contribution is -1.91. The average Bonchev–Trinajstić information content (AvgIpc) is 2.95. The van der Waals surface area contributed by atoms with Crippen LogP contribution in [0.2, 0.25) is 0 Å². The van der Waals surface area contributed by atoms with Crippen LogP contribution < -0.4 is 0 Å². The molecule has 0 unspecified atom stereocenters. The molecule has 110 valence electrons. The van der Waals surface area contributed by atoms with Crippen molar-refractivity contribution in [3.05, 3.63) is 59.8 Å². The van der Waals surface area contributed by atoms with E-state index < -0.39 is 0 Å². The first kappa shape index (κ1) is 13.4. The molecule has 4 rings (SSSR count). The van der Waals surface area contributed by atoms with Crippen molar-refractivity contribution in [1.82, 2.24) is 4.98 Å². The van der Waals surface area contributed by atoms with Gasteiger partial charge in [0.2, 0.25) is 5.71 Å². The van der Waals surface area contributed by atoms with Gasteiger partial charge in [-0.2, -0.15) is 5.26 Å². The number of hydrogen-bond donors (Lipinski definition) is 1. The van der Waals surface area contributed by atoms with E-state index in [0.29, 0.717) is 38.8 Å². The Kier molecular flexibility index (Phi) is 2.82. The van der Waals surface area contributed by atoms with Crippen LogP contribution in [0.3, 0.4) is 0 Å². The molecule has 23 heavy (non-hydrogen) atoms. The summed E-state index contributed by atoms with van der Waals surface area (Å²) in [7, 11) is 0. The summed E-state index contributed by atoms with van der Waals surface area (Å²) in [5, 5.41) is 21.7. The Balaban J connectivity index is 2.25. The summed E-state index contributed by atoms with van der Waals surface area (Å²) in [6.07, 6.45) is 1.62. The highest BCUT2D eigenvalue weighted by Gasteiger charge is 2.23. The fourth-order valence-corrected chi connectivity index (χ4v) is 3.03. The van der Waals surface area contributed by atoms with Crippen molar-refractivity contribution in [3.8, 4) is 22.9 Å². The number of hydrogen-bond acceptors (Lipinski definition) is 4. The van der Waals surface area contributed by atoms with Gasteiger partial charge in [0, 0.05) is 11.8 Å². The summed E-state index contributed by atoms with van der Waals surface area (Å²) in [6.45, 7) is 1.82. The van der Waals surface area contributed by atoms with E-state index in [-0.39, 0.29) is 5.75 Å². The Morgan fingerprint density at radius 3 is 2.65 bits per heavy atom. The first-order valence-corrected chi connectivity index (χ1v) is 7.20. The van der Waals surface area contributed by atoms with Crippen molar-refractivity contribution in [2.75, 3.05) is 0 Å². The molecule has 4 aromatic rings. The Morgan fingerprint density at radius 1 is 1.13 bits per heavy atom. The zero-order chi connectivity index (χ0) is 16.0. The number of furan rings is 1. The number of nitrogens with zero attached hydrogens (tertiary/aromatic N) is 2. The van der Waals surface area contributed by atoms with Crippen molar-refractivity contribution in [2.45, 2.75) is 6.92 Å². The molecule has 4 nitrogen and oxygen atoms in total. The molecule has 0 saturated heterocycles. The minimum atomic E-state index is 0.120. The third-order valence-electron chi connectivity index (χ3n) is 4.09. The molecule has 0 atom stereocenters. The second kappa shape index (κ2) is 4.85. The lowest BCUT2D eigenvalue weighted by molar-refractivity contribution is 0.483. The quantitative estimate of drug-likeness (QED) is 0.560. The van der Waals surface area contributed by atoms with Crippen LogP contribution in [0.1, 0.15) is 11.1 Å². The monoisotopic (exact) mass is 300 g/mol. The van der Waals surface area contributed by atoms with Crippen LogP contribution in [-0.2, 0) is 0 Å². The SMILES string of the molecule is Cc1c(-c2ccccc2)c(O)c2c(oc3ncccc32)c1C#N. The van der Waals surface area contributed by atoms with Gasteiger partial charge >= 0.3 is 0 Å². The van der Waals surface area contributed by atoms with Gasteiger partial charge in [-0.3, -0.25) is 0 Å². The fourth-order valence-electron chi connectivity index (χ4n) is 3.03. The minimum Gasteiger partial charge on any atom is -0.506 e. The van der Waals surface area contributed by atoms with Crippen molar-refractivity contribution < 1.29 is 9.52 Å². The van der Waals surface area contributed by atoms with Crippen molar-refractivity contribution in [1.29, 1.82) is 5.26 Å². The third kappa shape index (κ3) is 1.80. The second-order valence-corrected chi connectivity index (χ2v) is 5.36. The molecule has 0 spiro atoms. The molecule has 0 fully saturated rings. The second-order valence-electron chi connectivity index (χ2n) is 5.36. The molecule has 2 aromatic carbocycles. The number of aromatic nitrogens is 1. The zero-order valence-electron chi connectivity index (χ0n) is 12.4. The Labute approximate surface area is 132 Å². The minimum absolute atomic E-state index is 0.120. The van der Waals surface area contributed by atoms with Crippen LogP contribution in [0.4, 0.5) is 0 Å². The molecule has 0 amide bonds. The van der Waals surface area contributed by atoms with Crippen LogP contribution in [-0.4, -0.2) is 10.1 Å². The van der Waals surface area contributed by atoms with E-state index in [9.17, 15) is 10.4 Å². The number of aromatic hydroxyl groups is 1. The summed E-state index contributed by atoms with van der Waals surface area (Å²) in [6, 6.07) is 15.4. The molecule has 0 bridgehead atoms. The van der Waals surface area contributed by atoms with E-state index in [1.165, 1.54) is 0 Å². The molecule has 0 radical (unpaired) electrons. The highest BCUT2D eigenvalue weighted by Crippen LogP contribution is 2.44. The fraction of sp³-hybridized carbons (Fsp3) is 0.0526. The summed E-state index contributed by atoms with van der Waals surface area (Å²) < 4.78 is 5.73. The van der Waals surface area contributed by atoms with Gasteiger partial charge in [0.15, 0.2) is 5.58 Å². The Bertz CT molecular complexity index is 1090. The normalized spacial score (nSPS) is 11.0. The molecule has 2 aromatic heterocycles. The summed E-state index contributed by atoms with van der Waals surface area (Å²) in [5.41, 5.74) is 3.44. The number of phenolic OH excluding ortho intramolecular Hbond substituents is 1. The first-order chi connectivity index (χ1) is 11.2. The predicted molar refractivity (Wildman–Crippen MR) is 88.1 cm³/mol. The van der Waals surface area contributed by atoms with Gasteiger partial charge in [0.1, 0.15) is 11.8 Å². The molecular weight excluding hydrogens is 288 g/mol. The standard InChI is InChI=1S/C19H12N2O2/c1-11-14(10-20)18-16(13-8-5-9-21-19(13)23-18)17(22)15(11)12-6-3-2-4-7-12/h2-9,22H,1H3. The Morgan fingerprint density at radius 2 is 1.91 bits per heavy atom. The predicted octanol–water partition coefficient (Wildman–Crippen LogP) is 4.53. The molecule has 0 aliphatic carbocycles. The van der Waals surface area contributed by atoms with E-state index in [1.807, 2.05) is 43.3 Å². The maximum absolute atomic E-state index is 10.9. The van der Waals surface area contributed by atoms with Crippen LogP contribution in [0, 0.1) is 18.3 Å². The van der Waals surface area contributed by atoms with E-state index in [4.69, 9.17) is 4.42 Å². The lowest BCUT2D eigenvalue weighted by Gasteiger charge is -2.11. The molecule has 0 saturated carbocycles. The highest BCUT2D eigenvalue weighted by molar-refractivity contribution is 6.12. The van der Waals surface area contributed by atoms with Crippen LogP contribution >= 0.6 is 0 Å². The van der Waals surface area contributed by atoms with Crippen molar-refractivity contribution >= 4 is 22.1 Å². The summed E-state index contributed by atoms with van der Waals surface area (Å²) in [4.78, 5) is 4.18. The van der Waals surface area contributed by atoms with Gasteiger partial charge in [0.25, 0.3) is 0 Å². The van der Waals surface area contributed by atoms with Crippen LogP contribution in [0.5, 0.6) is 5.75 Å². The topological polar surface area (TPSA) is 70.1 Å². The smallest absolute Gasteiger partial charge is 0.227 e. The van der Waals surface area contributed by atoms with E-state index in [2.05, 4.69) is 11.1 Å². The molecule has 2 heterocycles. The average molecular weight is 300 g/mol. The van der Waals surface area contributed by atoms with Crippen LogP contribution in [0.15, 0.2) is 53.1 Å². The van der Waals surface area contributed by atoms with E-state index >= 15 is 0 Å². The molecule has 0 aliphatic heterocycles. The van der Waals surface area contributed by atoms with Crippen molar-refractivity contribution in [2.24, 2.45) is 0 Å². The van der Waals surface area contributed by atoms with Gasteiger partial charge < -0.3 is 9.52 Å². The lowest BCUT2D eigenvalue weighted by atomic mass is 9.93. The van der Waals surface area contributed by atoms with E-state index in [0.717, 1.165) is 5.56 Å². The highest BCUT2D eigenvalue weighted by atomic mass is 16.3. The van der Waals surface area contributed by atoms with Gasteiger partial charge in [-0.05, 0) is 30.2 Å². The zero-order valence-corrected chi connectivity index (χ0v) is 12.4. The number of phenols is 1. The number of rotatable bonds is 1. The van der Waals surface area contributed by atoms with Crippen LogP contribution in [0.25, 0.3) is 33.2 Å². The third-order valence-corrected chi connectivity index (χ3v) is 4.09. The van der Waals surface area contributed by atoms with Gasteiger partial charge in [-0.1, -0.05) is 30.3 Å². The van der Waals surface area contributed by atoms with Crippen molar-refractivity contribution in [3.63, 3.8) is 0 Å². The number of nitriles is 1. The van der Waals surface area contributed by atoms with E-state index in [1.54, 1.807) is 12.3 Å². The van der Waals surface area contributed by atoms with Gasteiger partial charge in [-0.15, -0.1) is 0 Å². The number of pyridine rings is 1. The summed E-state index contributed by atoms with van der Waals surface area (Å²) in [5.74, 6) is 0.120.